The van der Waals surface area contributed by atoms with Gasteiger partial charge in [-0.05, 0) is 103 Å². The number of halogens is 15. The van der Waals surface area contributed by atoms with Gasteiger partial charge in [0, 0.05) is 70.5 Å². The van der Waals surface area contributed by atoms with Gasteiger partial charge >= 0.3 is 24.7 Å². The maximum absolute atomic E-state index is 14.5. The van der Waals surface area contributed by atoms with Crippen molar-refractivity contribution in [3.8, 4) is 22.5 Å². The first-order chi connectivity index (χ1) is 32.5. The minimum atomic E-state index is -5.02. The Kier molecular flexibility index (Phi) is 12.8. The first kappa shape index (κ1) is 50.2. The molecule has 2 aliphatic rings. The van der Waals surface area contributed by atoms with Gasteiger partial charge in [-0.2, -0.15) is 52.7 Å². The molecule has 1 saturated heterocycles. The predicted molar refractivity (Wildman–Crippen MR) is 238 cm³/mol. The molecule has 5 nitrogen and oxygen atoms in total. The highest BCUT2D eigenvalue weighted by atomic mass is 35.5. The molecule has 0 N–H and O–H groups in total. The van der Waals surface area contributed by atoms with E-state index < -0.39 is 64.2 Å². The van der Waals surface area contributed by atoms with E-state index in [9.17, 15) is 61.5 Å². The Morgan fingerprint density at radius 3 is 1.47 bits per heavy atom. The molecule has 0 atom stereocenters. The van der Waals surface area contributed by atoms with Crippen molar-refractivity contribution in [1.29, 1.82) is 0 Å². The van der Waals surface area contributed by atoms with E-state index in [0.29, 0.717) is 79.1 Å². The number of anilines is 3. The van der Waals surface area contributed by atoms with Crippen molar-refractivity contribution < 1.29 is 66.2 Å². The summed E-state index contributed by atoms with van der Waals surface area (Å²) in [5, 5.41) is 0.939. The molecule has 20 heteroatoms. The van der Waals surface area contributed by atoms with E-state index in [1.807, 2.05) is 4.90 Å². The molecule has 7 aromatic rings. The Morgan fingerprint density at radius 1 is 0.557 bits per heavy atom. The number of pyridine rings is 2. The summed E-state index contributed by atoms with van der Waals surface area (Å²) in [4.78, 5) is 12.7. The van der Waals surface area contributed by atoms with Crippen LogP contribution in [-0.4, -0.2) is 42.8 Å². The average Bonchev–Trinajstić information content (AvgIpc) is 3.55. The SMILES string of the molecule is Cc1c(-c2cc(C(F)(F)F)cc(C(F)(F)F)c2)nc2cc(F)ccc2c1Cl.Cc1c(-c2cc(C(F)(F)F)cc(C(F)(F)F)c2)nc2cc(F)ccc2c1N1CC(C)(C)c2ccc(N3CCOCC3)cc21. The zero-order valence-corrected chi connectivity index (χ0v) is 37.8. The quantitative estimate of drug-likeness (QED) is 0.164. The Labute approximate surface area is 395 Å². The summed E-state index contributed by atoms with van der Waals surface area (Å²) in [6.45, 7) is 10.3. The summed E-state index contributed by atoms with van der Waals surface area (Å²) >= 11 is 6.19. The summed E-state index contributed by atoms with van der Waals surface area (Å²) in [5.41, 5.74) is -3.07. The minimum absolute atomic E-state index is 0.0200. The molecule has 0 spiro atoms. The van der Waals surface area contributed by atoms with Crippen molar-refractivity contribution in [2.75, 3.05) is 42.6 Å². The zero-order chi connectivity index (χ0) is 51.0. The second-order valence-electron chi connectivity index (χ2n) is 17.5. The second kappa shape index (κ2) is 17.9. The molecule has 0 bridgehead atoms. The summed E-state index contributed by atoms with van der Waals surface area (Å²) in [5.74, 6) is -1.29. The fourth-order valence-electron chi connectivity index (χ4n) is 8.80. The number of benzene rings is 5. The molecule has 0 aliphatic carbocycles. The van der Waals surface area contributed by atoms with E-state index in [0.717, 1.165) is 35.1 Å². The second-order valence-corrected chi connectivity index (χ2v) is 17.9. The van der Waals surface area contributed by atoms with Crippen LogP contribution in [0.2, 0.25) is 5.02 Å². The van der Waals surface area contributed by atoms with E-state index in [1.54, 1.807) is 13.0 Å². The number of nitrogens with zero attached hydrogens (tertiary/aromatic N) is 4. The van der Waals surface area contributed by atoms with Crippen LogP contribution < -0.4 is 9.80 Å². The fourth-order valence-corrected chi connectivity index (χ4v) is 9.05. The van der Waals surface area contributed by atoms with Crippen LogP contribution in [0.3, 0.4) is 0 Å². The third-order valence-corrected chi connectivity index (χ3v) is 12.7. The van der Waals surface area contributed by atoms with Crippen LogP contribution in [-0.2, 0) is 34.9 Å². The monoisotopic (exact) mass is 1010 g/mol. The Hall–Kier alpha value is -6.21. The largest absolute Gasteiger partial charge is 0.416 e. The molecule has 0 unspecified atom stereocenters. The van der Waals surface area contributed by atoms with Crippen LogP contribution in [0.4, 0.5) is 78.5 Å². The maximum atomic E-state index is 14.5. The Balaban J connectivity index is 0.000000210. The topological polar surface area (TPSA) is 41.5 Å². The molecule has 0 amide bonds. The van der Waals surface area contributed by atoms with Gasteiger partial charge in [0.1, 0.15) is 11.6 Å². The van der Waals surface area contributed by atoms with Crippen LogP contribution in [0.5, 0.6) is 0 Å². The van der Waals surface area contributed by atoms with E-state index in [2.05, 4.69) is 46.9 Å². The third kappa shape index (κ3) is 9.91. The highest BCUT2D eigenvalue weighted by molar-refractivity contribution is 6.36. The van der Waals surface area contributed by atoms with Gasteiger partial charge in [0.05, 0.1) is 68.6 Å². The van der Waals surface area contributed by atoms with Crippen LogP contribution in [0, 0.1) is 25.5 Å². The zero-order valence-electron chi connectivity index (χ0n) is 37.1. The van der Waals surface area contributed by atoms with Gasteiger partial charge in [-0.15, -0.1) is 0 Å². The molecule has 5 aromatic carbocycles. The van der Waals surface area contributed by atoms with Gasteiger partial charge in [0.25, 0.3) is 0 Å². The molecule has 1 fully saturated rings. The van der Waals surface area contributed by atoms with Gasteiger partial charge in [-0.25, -0.2) is 18.7 Å². The summed E-state index contributed by atoms with van der Waals surface area (Å²) in [7, 11) is 0. The summed E-state index contributed by atoms with van der Waals surface area (Å²) in [6, 6.07) is 16.2. The van der Waals surface area contributed by atoms with Gasteiger partial charge in [0.2, 0.25) is 0 Å². The molecule has 0 radical (unpaired) electrons. The molecule has 4 heterocycles. The van der Waals surface area contributed by atoms with Crippen LogP contribution in [0.25, 0.3) is 44.3 Å². The number of ether oxygens (including phenoxy) is 1. The van der Waals surface area contributed by atoms with Gasteiger partial charge in [-0.1, -0.05) is 31.5 Å². The number of morpholine rings is 1. The fraction of sp³-hybridized carbons (Fsp3) is 0.280. The lowest BCUT2D eigenvalue weighted by atomic mass is 9.87. The van der Waals surface area contributed by atoms with Gasteiger partial charge in [0.15, 0.2) is 0 Å². The van der Waals surface area contributed by atoms with Crippen LogP contribution >= 0.6 is 11.6 Å². The third-order valence-electron chi connectivity index (χ3n) is 12.2. The van der Waals surface area contributed by atoms with Crippen LogP contribution in [0.15, 0.2) is 91.0 Å². The maximum Gasteiger partial charge on any atom is 0.416 e. The summed E-state index contributed by atoms with van der Waals surface area (Å²) in [6.07, 6.45) is -20.0. The van der Waals surface area contributed by atoms with Crippen molar-refractivity contribution in [1.82, 2.24) is 9.97 Å². The number of fused-ring (bicyclic) bond motifs is 3. The molecular weight excluding hydrogens is 974 g/mol. The number of rotatable bonds is 4. The van der Waals surface area contributed by atoms with E-state index in [-0.39, 0.29) is 56.1 Å². The Morgan fingerprint density at radius 2 is 1.00 bits per heavy atom. The van der Waals surface area contributed by atoms with E-state index in [1.165, 1.54) is 19.1 Å². The number of hydrogen-bond acceptors (Lipinski definition) is 5. The van der Waals surface area contributed by atoms with Crippen molar-refractivity contribution in [3.05, 3.63) is 147 Å². The number of aromatic nitrogens is 2. The minimum Gasteiger partial charge on any atom is -0.378 e. The highest BCUT2D eigenvalue weighted by Crippen LogP contribution is 2.50. The van der Waals surface area contributed by atoms with Crippen molar-refractivity contribution in [2.24, 2.45) is 0 Å². The van der Waals surface area contributed by atoms with Crippen LogP contribution in [0.1, 0.15) is 52.8 Å². The molecule has 70 heavy (non-hydrogen) atoms. The first-order valence-electron chi connectivity index (χ1n) is 21.2. The Bertz CT molecular complexity index is 3110. The van der Waals surface area contributed by atoms with E-state index >= 15 is 0 Å². The molecule has 2 aromatic heterocycles. The number of hydrogen-bond donors (Lipinski definition) is 0. The molecule has 0 saturated carbocycles. The molecular formula is C50H37ClF14N4O. The van der Waals surface area contributed by atoms with Gasteiger partial charge < -0.3 is 14.5 Å². The normalized spacial score (nSPS) is 15.4. The lowest BCUT2D eigenvalue weighted by Gasteiger charge is -2.30. The molecule has 2 aliphatic heterocycles. The average molecular weight is 1010 g/mol. The van der Waals surface area contributed by atoms with Gasteiger partial charge in [-0.3, -0.25) is 0 Å². The number of alkyl halides is 12. The van der Waals surface area contributed by atoms with Crippen molar-refractivity contribution in [3.63, 3.8) is 0 Å². The predicted octanol–water partition coefficient (Wildman–Crippen LogP) is 15.7. The highest BCUT2D eigenvalue weighted by Gasteiger charge is 2.41. The lowest BCUT2D eigenvalue weighted by Crippen LogP contribution is -2.36. The standard InChI is InChI=1S/C32H28F7N3O.C18H9ClF7N/c1-18-28(19-12-20(31(34,35)36)14-21(13-19)32(37,38)39)40-26-15-22(33)4-6-24(26)29(18)42-17-30(2,3)25-7-5-23(16-27(25)42)41-8-10-43-11-9-41;1-8-15(19)13-3-2-12(20)7-14(13)27-16(8)9-4-10(17(21,22)23)6-11(5-9)18(24,25)26/h4-7,12-16H,8-11,17H2,1-3H3;2-7H,1H3. The van der Waals surface area contributed by atoms with Crippen molar-refractivity contribution in [2.45, 2.75) is 57.8 Å². The van der Waals surface area contributed by atoms with Crippen molar-refractivity contribution >= 4 is 50.5 Å². The summed E-state index contributed by atoms with van der Waals surface area (Å²) < 4.78 is 194. The first-order valence-corrected chi connectivity index (χ1v) is 21.6. The van der Waals surface area contributed by atoms with E-state index in [4.69, 9.17) is 16.3 Å². The molecule has 9 rings (SSSR count). The lowest BCUT2D eigenvalue weighted by molar-refractivity contribution is -0.144. The molecule has 368 valence electrons. The smallest absolute Gasteiger partial charge is 0.378 e.